The highest BCUT2D eigenvalue weighted by Crippen LogP contribution is 2.23. The summed E-state index contributed by atoms with van der Waals surface area (Å²) in [6, 6.07) is 8.42. The molecule has 2 unspecified atom stereocenters. The van der Waals surface area contributed by atoms with Gasteiger partial charge in [0.1, 0.15) is 24.4 Å². The Morgan fingerprint density at radius 3 is 2.55 bits per heavy atom. The van der Waals surface area contributed by atoms with E-state index in [1.165, 1.54) is 6.92 Å². The van der Waals surface area contributed by atoms with E-state index in [1.807, 2.05) is 30.3 Å². The Labute approximate surface area is 128 Å². The number of rotatable bonds is 5. The fraction of sp³-hybridized carbons (Fsp3) is 0.533. The van der Waals surface area contributed by atoms with E-state index < -0.39 is 37.3 Å². The Morgan fingerprint density at radius 2 is 1.95 bits per heavy atom. The van der Waals surface area contributed by atoms with Crippen LogP contribution in [0.1, 0.15) is 12.5 Å². The Hall–Kier alpha value is -1.51. The summed E-state index contributed by atoms with van der Waals surface area (Å²) in [6.07, 6.45) is -4.55. The second kappa shape index (κ2) is 7.66. The lowest BCUT2D eigenvalue weighted by Crippen LogP contribution is -2.64. The summed E-state index contributed by atoms with van der Waals surface area (Å²) in [6.45, 7) is 1.05. The number of hydrogen-bond donors (Lipinski definition) is 4. The van der Waals surface area contributed by atoms with Crippen LogP contribution in [-0.4, -0.2) is 58.5 Å². The molecule has 7 nitrogen and oxygen atoms in total. The maximum absolute atomic E-state index is 11.3. The van der Waals surface area contributed by atoms with Gasteiger partial charge in [0.25, 0.3) is 0 Å². The summed E-state index contributed by atoms with van der Waals surface area (Å²) in [5.74, 6) is -0.379. The highest BCUT2D eigenvalue weighted by molar-refractivity contribution is 5.73. The molecule has 0 spiro atoms. The molecule has 2 rings (SSSR count). The predicted molar refractivity (Wildman–Crippen MR) is 76.6 cm³/mol. The minimum absolute atomic E-state index is 0.211. The van der Waals surface area contributed by atoms with Crippen molar-refractivity contribution in [2.45, 2.75) is 44.2 Å². The lowest BCUT2D eigenvalue weighted by Gasteiger charge is -2.42. The van der Waals surface area contributed by atoms with Gasteiger partial charge in [-0.25, -0.2) is 0 Å². The van der Waals surface area contributed by atoms with Crippen molar-refractivity contribution in [3.05, 3.63) is 35.9 Å². The molecule has 0 radical (unpaired) electrons. The molecule has 1 aromatic carbocycles. The number of benzene rings is 1. The Morgan fingerprint density at radius 1 is 1.27 bits per heavy atom. The van der Waals surface area contributed by atoms with Crippen LogP contribution in [0.3, 0.4) is 0 Å². The smallest absolute Gasteiger partial charge is 0.217 e. The van der Waals surface area contributed by atoms with E-state index in [4.69, 9.17) is 9.47 Å². The molecular weight excluding hydrogens is 290 g/mol. The van der Waals surface area contributed by atoms with E-state index in [-0.39, 0.29) is 12.5 Å². The number of ether oxygens (including phenoxy) is 2. The molecule has 1 saturated heterocycles. The molecular formula is C15H21NO6. The lowest BCUT2D eigenvalue weighted by atomic mass is 9.97. The maximum Gasteiger partial charge on any atom is 0.217 e. The van der Waals surface area contributed by atoms with Gasteiger partial charge in [-0.3, -0.25) is 4.79 Å². The first-order valence-electron chi connectivity index (χ1n) is 7.08. The summed E-state index contributed by atoms with van der Waals surface area (Å²) < 4.78 is 11.1. The van der Waals surface area contributed by atoms with Crippen molar-refractivity contribution >= 4 is 5.91 Å². The number of carbonyl (C=O) groups excluding carboxylic acids is 1. The topological polar surface area (TPSA) is 108 Å². The molecule has 1 aliphatic heterocycles. The van der Waals surface area contributed by atoms with Crippen LogP contribution in [0.25, 0.3) is 0 Å². The van der Waals surface area contributed by atoms with E-state index in [9.17, 15) is 20.1 Å². The predicted octanol–water partition coefficient (Wildman–Crippen LogP) is -0.853. The normalized spacial score (nSPS) is 31.7. The molecule has 1 aliphatic rings. The van der Waals surface area contributed by atoms with Gasteiger partial charge >= 0.3 is 0 Å². The molecule has 0 aliphatic carbocycles. The minimum atomic E-state index is -1.31. The third-order valence-corrected chi connectivity index (χ3v) is 3.51. The van der Waals surface area contributed by atoms with Gasteiger partial charge in [-0.05, 0) is 5.56 Å². The molecule has 0 saturated carbocycles. The van der Waals surface area contributed by atoms with Crippen LogP contribution < -0.4 is 5.32 Å². The summed E-state index contributed by atoms with van der Waals surface area (Å²) >= 11 is 0. The number of carbonyl (C=O) groups is 1. The first-order chi connectivity index (χ1) is 10.5. The molecule has 0 bridgehead atoms. The quantitative estimate of drug-likeness (QED) is 0.564. The lowest BCUT2D eigenvalue weighted by molar-refractivity contribution is -0.273. The van der Waals surface area contributed by atoms with Gasteiger partial charge in [-0.1, -0.05) is 30.3 Å². The minimum Gasteiger partial charge on any atom is -0.394 e. The molecule has 1 amide bonds. The molecule has 5 atom stereocenters. The zero-order valence-corrected chi connectivity index (χ0v) is 12.3. The first-order valence-corrected chi connectivity index (χ1v) is 7.08. The van der Waals surface area contributed by atoms with Crippen LogP contribution in [0.5, 0.6) is 0 Å². The second-order valence-electron chi connectivity index (χ2n) is 5.23. The zero-order valence-electron chi connectivity index (χ0n) is 12.3. The summed E-state index contributed by atoms with van der Waals surface area (Å²) in [5.41, 5.74) is 0.897. The largest absolute Gasteiger partial charge is 0.394 e. The third kappa shape index (κ3) is 4.02. The van der Waals surface area contributed by atoms with Crippen LogP contribution in [0.15, 0.2) is 30.3 Å². The Kier molecular flexibility index (Phi) is 5.87. The molecule has 1 aromatic rings. The maximum atomic E-state index is 11.3. The molecule has 122 valence electrons. The SMILES string of the molecule is CC(=O)NC1[C@H](OCc2ccccc2)OC(CO)[C@H](O)[C@@H]1O. The van der Waals surface area contributed by atoms with Crippen molar-refractivity contribution < 1.29 is 29.6 Å². The highest BCUT2D eigenvalue weighted by Gasteiger charge is 2.45. The summed E-state index contributed by atoms with van der Waals surface area (Å²) in [4.78, 5) is 11.3. The van der Waals surface area contributed by atoms with Crippen molar-refractivity contribution in [3.63, 3.8) is 0 Å². The van der Waals surface area contributed by atoms with Gasteiger partial charge in [-0.15, -0.1) is 0 Å². The van der Waals surface area contributed by atoms with Gasteiger partial charge in [0.05, 0.1) is 13.2 Å². The summed E-state index contributed by atoms with van der Waals surface area (Å²) in [7, 11) is 0. The zero-order chi connectivity index (χ0) is 16.1. The average molecular weight is 311 g/mol. The molecule has 4 N–H and O–H groups in total. The van der Waals surface area contributed by atoms with E-state index in [2.05, 4.69) is 5.32 Å². The molecule has 7 heteroatoms. The van der Waals surface area contributed by atoms with Crippen LogP contribution in [-0.2, 0) is 20.9 Å². The first kappa shape index (κ1) is 16.9. The van der Waals surface area contributed by atoms with Gasteiger partial charge < -0.3 is 30.1 Å². The Bertz CT molecular complexity index is 482. The van der Waals surface area contributed by atoms with E-state index in [1.54, 1.807) is 0 Å². The number of aliphatic hydroxyl groups excluding tert-OH is 3. The standard InChI is InChI=1S/C15H21NO6/c1-9(18)16-12-14(20)13(19)11(7-17)22-15(12)21-8-10-5-3-2-4-6-10/h2-6,11-15,17,19-20H,7-8H2,1H3,(H,16,18)/t11?,12?,13-,14+,15+/m0/s1. The van der Waals surface area contributed by atoms with Crippen LogP contribution in [0.2, 0.25) is 0 Å². The monoisotopic (exact) mass is 311 g/mol. The van der Waals surface area contributed by atoms with Crippen molar-refractivity contribution in [1.29, 1.82) is 0 Å². The van der Waals surface area contributed by atoms with E-state index in [0.29, 0.717) is 0 Å². The van der Waals surface area contributed by atoms with Crippen molar-refractivity contribution in [2.24, 2.45) is 0 Å². The van der Waals surface area contributed by atoms with Gasteiger partial charge in [0.2, 0.25) is 5.91 Å². The number of amides is 1. The Balaban J connectivity index is 2.07. The molecule has 0 aromatic heterocycles. The fourth-order valence-electron chi connectivity index (χ4n) is 2.37. The van der Waals surface area contributed by atoms with E-state index in [0.717, 1.165) is 5.56 Å². The number of aliphatic hydroxyl groups is 3. The van der Waals surface area contributed by atoms with Gasteiger partial charge in [-0.2, -0.15) is 0 Å². The fourth-order valence-corrected chi connectivity index (χ4v) is 2.37. The van der Waals surface area contributed by atoms with Crippen molar-refractivity contribution in [3.8, 4) is 0 Å². The second-order valence-corrected chi connectivity index (χ2v) is 5.23. The number of nitrogens with one attached hydrogen (secondary N) is 1. The molecule has 1 fully saturated rings. The van der Waals surface area contributed by atoms with Gasteiger partial charge in [0.15, 0.2) is 6.29 Å². The van der Waals surface area contributed by atoms with Gasteiger partial charge in [0, 0.05) is 6.92 Å². The summed E-state index contributed by atoms with van der Waals surface area (Å²) in [5, 5.41) is 31.7. The molecule has 1 heterocycles. The van der Waals surface area contributed by atoms with Crippen LogP contribution >= 0.6 is 0 Å². The van der Waals surface area contributed by atoms with Crippen LogP contribution in [0.4, 0.5) is 0 Å². The molecule has 22 heavy (non-hydrogen) atoms. The number of hydrogen-bond acceptors (Lipinski definition) is 6. The van der Waals surface area contributed by atoms with Crippen molar-refractivity contribution in [1.82, 2.24) is 5.32 Å². The van der Waals surface area contributed by atoms with Crippen molar-refractivity contribution in [2.75, 3.05) is 6.61 Å². The highest BCUT2D eigenvalue weighted by atomic mass is 16.7. The van der Waals surface area contributed by atoms with Crippen LogP contribution in [0, 0.1) is 0 Å². The third-order valence-electron chi connectivity index (χ3n) is 3.51. The average Bonchev–Trinajstić information content (AvgIpc) is 2.52. The van der Waals surface area contributed by atoms with E-state index >= 15 is 0 Å².